The van der Waals surface area contributed by atoms with Crippen LogP contribution < -0.4 is 10.6 Å². The Balaban J connectivity index is 2.16. The number of carbonyl (C=O) groups excluding carboxylic acids is 1. The zero-order chi connectivity index (χ0) is 11.8. The average Bonchev–Trinajstić information content (AvgIpc) is 2.30. The molecule has 1 fully saturated rings. The Bertz CT molecular complexity index is 200. The highest BCUT2D eigenvalue weighted by molar-refractivity contribution is 5.82. The van der Waals surface area contributed by atoms with Crippen LogP contribution in [0.2, 0.25) is 0 Å². The Morgan fingerprint density at radius 3 is 2.88 bits per heavy atom. The molecule has 3 heteroatoms. The lowest BCUT2D eigenvalue weighted by atomic mass is 10.0. The van der Waals surface area contributed by atoms with Gasteiger partial charge in [0.25, 0.3) is 0 Å². The van der Waals surface area contributed by atoms with Crippen molar-refractivity contribution in [2.45, 2.75) is 70.9 Å². The Kier molecular flexibility index (Phi) is 6.46. The zero-order valence-electron chi connectivity index (χ0n) is 10.7. The molecule has 0 aromatic rings. The molecule has 0 radical (unpaired) electrons. The number of unbranched alkanes of at least 4 members (excludes halogenated alkanes) is 2. The molecule has 1 aliphatic rings. The van der Waals surface area contributed by atoms with E-state index in [4.69, 9.17) is 0 Å². The molecule has 1 rings (SSSR count). The number of carbonyl (C=O) groups is 1. The van der Waals surface area contributed by atoms with Gasteiger partial charge in [0.2, 0.25) is 5.91 Å². The van der Waals surface area contributed by atoms with E-state index in [0.29, 0.717) is 6.04 Å². The first-order valence-corrected chi connectivity index (χ1v) is 6.77. The van der Waals surface area contributed by atoms with Crippen LogP contribution in [0.25, 0.3) is 0 Å². The van der Waals surface area contributed by atoms with Crippen molar-refractivity contribution in [2.24, 2.45) is 0 Å². The van der Waals surface area contributed by atoms with E-state index in [0.717, 1.165) is 19.4 Å². The lowest BCUT2D eigenvalue weighted by molar-refractivity contribution is -0.124. The van der Waals surface area contributed by atoms with Crippen LogP contribution in [0.5, 0.6) is 0 Å². The number of rotatable bonds is 6. The van der Waals surface area contributed by atoms with Crippen LogP contribution in [0.15, 0.2) is 0 Å². The lowest BCUT2D eigenvalue weighted by Gasteiger charge is -2.24. The second-order valence-corrected chi connectivity index (χ2v) is 4.91. The predicted molar refractivity (Wildman–Crippen MR) is 67.4 cm³/mol. The molecule has 0 aliphatic carbocycles. The van der Waals surface area contributed by atoms with Crippen LogP contribution >= 0.6 is 0 Å². The third kappa shape index (κ3) is 4.97. The van der Waals surface area contributed by atoms with Crippen LogP contribution in [-0.4, -0.2) is 24.5 Å². The quantitative estimate of drug-likeness (QED) is 0.682. The molecule has 1 aliphatic heterocycles. The highest BCUT2D eigenvalue weighted by Crippen LogP contribution is 2.08. The minimum atomic E-state index is 0.0578. The molecule has 0 bridgehead atoms. The number of nitrogens with one attached hydrogen (secondary N) is 2. The SMILES string of the molecule is CCCCCC(C)NC(=O)[C@@H]1CCCCN1. The molecular formula is C13H26N2O. The molecule has 0 spiro atoms. The maximum atomic E-state index is 11.9. The van der Waals surface area contributed by atoms with E-state index >= 15 is 0 Å². The van der Waals surface area contributed by atoms with Crippen LogP contribution in [0.1, 0.15) is 58.8 Å². The molecule has 2 N–H and O–H groups in total. The first-order valence-electron chi connectivity index (χ1n) is 6.77. The number of hydrogen-bond acceptors (Lipinski definition) is 2. The molecule has 0 aromatic carbocycles. The average molecular weight is 226 g/mol. The molecular weight excluding hydrogens is 200 g/mol. The summed E-state index contributed by atoms with van der Waals surface area (Å²) in [5.41, 5.74) is 0. The molecule has 1 amide bonds. The number of amides is 1. The highest BCUT2D eigenvalue weighted by Gasteiger charge is 2.21. The molecule has 1 saturated heterocycles. The number of hydrogen-bond donors (Lipinski definition) is 2. The Morgan fingerprint density at radius 2 is 2.25 bits per heavy atom. The molecule has 2 atom stereocenters. The molecule has 0 aromatic heterocycles. The summed E-state index contributed by atoms with van der Waals surface area (Å²) in [7, 11) is 0. The third-order valence-electron chi connectivity index (χ3n) is 3.26. The van der Waals surface area contributed by atoms with Crippen LogP contribution in [0, 0.1) is 0 Å². The van der Waals surface area contributed by atoms with Crippen LogP contribution in [0.4, 0.5) is 0 Å². The lowest BCUT2D eigenvalue weighted by Crippen LogP contribution is -2.48. The van der Waals surface area contributed by atoms with Gasteiger partial charge in [-0.05, 0) is 32.7 Å². The van der Waals surface area contributed by atoms with Gasteiger partial charge >= 0.3 is 0 Å². The van der Waals surface area contributed by atoms with Crippen molar-refractivity contribution < 1.29 is 4.79 Å². The van der Waals surface area contributed by atoms with Gasteiger partial charge in [-0.25, -0.2) is 0 Å². The molecule has 0 saturated carbocycles. The highest BCUT2D eigenvalue weighted by atomic mass is 16.2. The van der Waals surface area contributed by atoms with E-state index in [-0.39, 0.29) is 11.9 Å². The summed E-state index contributed by atoms with van der Waals surface area (Å²) in [6.45, 7) is 5.30. The predicted octanol–water partition coefficient (Wildman–Crippen LogP) is 2.21. The number of piperidine rings is 1. The van der Waals surface area contributed by atoms with Crippen molar-refractivity contribution in [1.82, 2.24) is 10.6 Å². The minimum Gasteiger partial charge on any atom is -0.352 e. The van der Waals surface area contributed by atoms with E-state index in [1.165, 1.54) is 32.1 Å². The van der Waals surface area contributed by atoms with E-state index in [2.05, 4.69) is 24.5 Å². The fourth-order valence-corrected chi connectivity index (χ4v) is 2.19. The minimum absolute atomic E-state index is 0.0578. The van der Waals surface area contributed by atoms with Crippen molar-refractivity contribution in [1.29, 1.82) is 0 Å². The first-order chi connectivity index (χ1) is 7.74. The van der Waals surface area contributed by atoms with Gasteiger partial charge < -0.3 is 10.6 Å². The second kappa shape index (κ2) is 7.66. The summed E-state index contributed by atoms with van der Waals surface area (Å²) in [6.07, 6.45) is 8.20. The first kappa shape index (κ1) is 13.5. The van der Waals surface area contributed by atoms with Gasteiger partial charge in [0.1, 0.15) is 0 Å². The van der Waals surface area contributed by atoms with Crippen molar-refractivity contribution in [3.63, 3.8) is 0 Å². The Hall–Kier alpha value is -0.570. The monoisotopic (exact) mass is 226 g/mol. The van der Waals surface area contributed by atoms with E-state index in [9.17, 15) is 4.79 Å². The van der Waals surface area contributed by atoms with E-state index in [1.54, 1.807) is 0 Å². The van der Waals surface area contributed by atoms with Crippen LogP contribution in [0.3, 0.4) is 0 Å². The van der Waals surface area contributed by atoms with E-state index in [1.807, 2.05) is 0 Å². The van der Waals surface area contributed by atoms with Gasteiger partial charge in [0.05, 0.1) is 6.04 Å². The van der Waals surface area contributed by atoms with Gasteiger partial charge in [-0.15, -0.1) is 0 Å². The standard InChI is InChI=1S/C13H26N2O/c1-3-4-5-8-11(2)15-13(16)12-9-6-7-10-14-12/h11-12,14H,3-10H2,1-2H3,(H,15,16)/t11?,12-/m0/s1. The van der Waals surface area contributed by atoms with Gasteiger partial charge in [0.15, 0.2) is 0 Å². The van der Waals surface area contributed by atoms with E-state index < -0.39 is 0 Å². The van der Waals surface area contributed by atoms with Gasteiger partial charge in [-0.1, -0.05) is 32.6 Å². The van der Waals surface area contributed by atoms with Gasteiger partial charge in [0, 0.05) is 6.04 Å². The summed E-state index contributed by atoms with van der Waals surface area (Å²) >= 11 is 0. The summed E-state index contributed by atoms with van der Waals surface area (Å²) in [5, 5.41) is 6.39. The molecule has 3 nitrogen and oxygen atoms in total. The van der Waals surface area contributed by atoms with Gasteiger partial charge in [-0.3, -0.25) is 4.79 Å². The zero-order valence-corrected chi connectivity index (χ0v) is 10.7. The van der Waals surface area contributed by atoms with Crippen molar-refractivity contribution >= 4 is 5.91 Å². The second-order valence-electron chi connectivity index (χ2n) is 4.91. The maximum Gasteiger partial charge on any atom is 0.237 e. The largest absolute Gasteiger partial charge is 0.352 e. The van der Waals surface area contributed by atoms with Gasteiger partial charge in [-0.2, -0.15) is 0 Å². The van der Waals surface area contributed by atoms with Crippen molar-refractivity contribution in [3.8, 4) is 0 Å². The maximum absolute atomic E-state index is 11.9. The van der Waals surface area contributed by atoms with Crippen molar-refractivity contribution in [2.75, 3.05) is 6.54 Å². The fraction of sp³-hybridized carbons (Fsp3) is 0.923. The topological polar surface area (TPSA) is 41.1 Å². The Morgan fingerprint density at radius 1 is 1.44 bits per heavy atom. The summed E-state index contributed by atoms with van der Waals surface area (Å²) in [5.74, 6) is 0.198. The smallest absolute Gasteiger partial charge is 0.237 e. The van der Waals surface area contributed by atoms with Crippen LogP contribution in [-0.2, 0) is 4.79 Å². The Labute approximate surface area is 99.4 Å². The molecule has 1 unspecified atom stereocenters. The fourth-order valence-electron chi connectivity index (χ4n) is 2.19. The summed E-state index contributed by atoms with van der Waals surface area (Å²) in [4.78, 5) is 11.9. The molecule has 94 valence electrons. The molecule has 16 heavy (non-hydrogen) atoms. The normalized spacial score (nSPS) is 22.8. The van der Waals surface area contributed by atoms with Crippen molar-refractivity contribution in [3.05, 3.63) is 0 Å². The third-order valence-corrected chi connectivity index (χ3v) is 3.26. The molecule has 1 heterocycles. The summed E-state index contributed by atoms with van der Waals surface area (Å²) in [6, 6.07) is 0.380. The summed E-state index contributed by atoms with van der Waals surface area (Å²) < 4.78 is 0.